The minimum absolute atomic E-state index is 0.122. The third kappa shape index (κ3) is 4.81. The van der Waals surface area contributed by atoms with Crippen molar-refractivity contribution in [1.29, 1.82) is 0 Å². The van der Waals surface area contributed by atoms with E-state index < -0.39 is 10.1 Å². The van der Waals surface area contributed by atoms with E-state index in [9.17, 15) is 13.2 Å². The lowest BCUT2D eigenvalue weighted by molar-refractivity contribution is -0.114. The van der Waals surface area contributed by atoms with E-state index in [2.05, 4.69) is 5.32 Å². The first-order chi connectivity index (χ1) is 11.3. The predicted octanol–water partition coefficient (Wildman–Crippen LogP) is 2.92. The number of carbonyl (C=O) groups excluding carboxylic acids is 1. The summed E-state index contributed by atoms with van der Waals surface area (Å²) in [5, 5.41) is 2.74. The number of anilines is 2. The van der Waals surface area contributed by atoms with Crippen molar-refractivity contribution >= 4 is 27.4 Å². The number of hydrogen-bond acceptors (Lipinski definition) is 4. The minimum Gasteiger partial charge on any atom is -0.367 e. The summed E-state index contributed by atoms with van der Waals surface area (Å²) in [6.07, 6.45) is 0. The van der Waals surface area contributed by atoms with E-state index in [4.69, 9.17) is 4.55 Å². The van der Waals surface area contributed by atoms with E-state index in [0.717, 1.165) is 11.3 Å². The highest BCUT2D eigenvalue weighted by atomic mass is 32.2. The van der Waals surface area contributed by atoms with Crippen molar-refractivity contribution in [2.45, 2.75) is 25.3 Å². The molecule has 1 amide bonds. The zero-order chi connectivity index (χ0) is 17.7. The van der Waals surface area contributed by atoms with Crippen LogP contribution < -0.4 is 10.2 Å². The van der Waals surface area contributed by atoms with Gasteiger partial charge in [-0.3, -0.25) is 9.35 Å². The van der Waals surface area contributed by atoms with Crippen LogP contribution in [0.2, 0.25) is 0 Å². The Morgan fingerprint density at radius 3 is 2.50 bits per heavy atom. The second-order valence-corrected chi connectivity index (χ2v) is 6.79. The highest BCUT2D eigenvalue weighted by Gasteiger charge is 2.12. The highest BCUT2D eigenvalue weighted by Crippen LogP contribution is 2.22. The summed E-state index contributed by atoms with van der Waals surface area (Å²) < 4.78 is 31.7. The van der Waals surface area contributed by atoms with Crippen LogP contribution in [0.4, 0.5) is 11.4 Å². The zero-order valence-electron chi connectivity index (χ0n) is 13.6. The summed E-state index contributed by atoms with van der Waals surface area (Å²) in [5.41, 5.74) is 2.36. The van der Waals surface area contributed by atoms with Gasteiger partial charge in [0.05, 0.1) is 4.90 Å². The van der Waals surface area contributed by atoms with Gasteiger partial charge in [-0.2, -0.15) is 8.42 Å². The first-order valence-corrected chi connectivity index (χ1v) is 8.92. The van der Waals surface area contributed by atoms with Crippen LogP contribution >= 0.6 is 0 Å². The lowest BCUT2D eigenvalue weighted by atomic mass is 10.2. The Balaban J connectivity index is 2.25. The normalized spacial score (nSPS) is 11.1. The molecule has 2 aromatic carbocycles. The van der Waals surface area contributed by atoms with E-state index in [1.54, 1.807) is 18.2 Å². The van der Waals surface area contributed by atoms with Crippen molar-refractivity contribution in [3.63, 3.8) is 0 Å². The van der Waals surface area contributed by atoms with Gasteiger partial charge in [0.15, 0.2) is 0 Å². The average molecular weight is 348 g/mol. The van der Waals surface area contributed by atoms with Crippen LogP contribution in [-0.2, 0) is 21.5 Å². The molecule has 0 aromatic heterocycles. The second kappa shape index (κ2) is 7.46. The second-order valence-electron chi connectivity index (χ2n) is 5.37. The molecule has 24 heavy (non-hydrogen) atoms. The molecule has 0 spiro atoms. The van der Waals surface area contributed by atoms with Crippen LogP contribution in [0.25, 0.3) is 0 Å². The molecule has 2 aromatic rings. The first-order valence-electron chi connectivity index (χ1n) is 7.48. The highest BCUT2D eigenvalue weighted by molar-refractivity contribution is 7.85. The SMILES string of the molecule is CCN(Cc1cccc(S(=O)(=O)O)c1)c1cccc(NC(C)=O)c1. The molecule has 0 saturated carbocycles. The van der Waals surface area contributed by atoms with Crippen molar-refractivity contribution in [2.24, 2.45) is 0 Å². The maximum atomic E-state index is 11.3. The third-order valence-corrected chi connectivity index (χ3v) is 4.33. The smallest absolute Gasteiger partial charge is 0.294 e. The van der Waals surface area contributed by atoms with Crippen LogP contribution in [0, 0.1) is 0 Å². The fraction of sp³-hybridized carbons (Fsp3) is 0.235. The number of nitrogens with zero attached hydrogens (tertiary/aromatic N) is 1. The molecule has 0 aliphatic rings. The molecular weight excluding hydrogens is 328 g/mol. The van der Waals surface area contributed by atoms with Crippen molar-refractivity contribution in [2.75, 3.05) is 16.8 Å². The molecule has 7 heteroatoms. The fourth-order valence-corrected chi connectivity index (χ4v) is 2.94. The van der Waals surface area contributed by atoms with Gasteiger partial charge in [-0.05, 0) is 42.8 Å². The van der Waals surface area contributed by atoms with E-state index in [1.807, 2.05) is 30.0 Å². The van der Waals surface area contributed by atoms with Gasteiger partial charge in [0.1, 0.15) is 0 Å². The summed E-state index contributed by atoms with van der Waals surface area (Å²) in [5.74, 6) is -0.143. The van der Waals surface area contributed by atoms with Crippen molar-refractivity contribution in [3.8, 4) is 0 Å². The quantitative estimate of drug-likeness (QED) is 0.784. The standard InChI is InChI=1S/C17H20N2O4S/c1-3-19(16-8-5-7-15(11-16)18-13(2)20)12-14-6-4-9-17(10-14)24(21,22)23/h4-11H,3,12H2,1-2H3,(H,18,20)(H,21,22,23). The Morgan fingerprint density at radius 2 is 1.88 bits per heavy atom. The Hall–Kier alpha value is -2.38. The lowest BCUT2D eigenvalue weighted by Crippen LogP contribution is -2.22. The van der Waals surface area contributed by atoms with Crippen LogP contribution in [-0.4, -0.2) is 25.4 Å². The van der Waals surface area contributed by atoms with Gasteiger partial charge in [0.25, 0.3) is 10.1 Å². The molecule has 0 unspecified atom stereocenters. The van der Waals surface area contributed by atoms with Gasteiger partial charge in [0, 0.05) is 31.4 Å². The molecular formula is C17H20N2O4S. The van der Waals surface area contributed by atoms with E-state index in [-0.39, 0.29) is 10.8 Å². The molecule has 0 atom stereocenters. The van der Waals surface area contributed by atoms with Gasteiger partial charge in [-0.15, -0.1) is 0 Å². The molecule has 6 nitrogen and oxygen atoms in total. The average Bonchev–Trinajstić information content (AvgIpc) is 2.51. The Morgan fingerprint density at radius 1 is 1.17 bits per heavy atom. The minimum atomic E-state index is -4.22. The van der Waals surface area contributed by atoms with Crippen LogP contribution in [0.1, 0.15) is 19.4 Å². The van der Waals surface area contributed by atoms with Crippen molar-refractivity contribution < 1.29 is 17.8 Å². The molecule has 2 rings (SSSR count). The van der Waals surface area contributed by atoms with E-state index in [0.29, 0.717) is 18.8 Å². The molecule has 0 heterocycles. The Kier molecular flexibility index (Phi) is 5.58. The summed E-state index contributed by atoms with van der Waals surface area (Å²) in [6.45, 7) is 4.60. The molecule has 0 radical (unpaired) electrons. The molecule has 2 N–H and O–H groups in total. The van der Waals surface area contributed by atoms with Crippen molar-refractivity contribution in [1.82, 2.24) is 0 Å². The van der Waals surface area contributed by atoms with Crippen LogP contribution in [0.5, 0.6) is 0 Å². The van der Waals surface area contributed by atoms with Gasteiger partial charge in [-0.1, -0.05) is 18.2 Å². The summed E-state index contributed by atoms with van der Waals surface area (Å²) in [4.78, 5) is 13.1. The predicted molar refractivity (Wildman–Crippen MR) is 93.7 cm³/mol. The maximum Gasteiger partial charge on any atom is 0.294 e. The Labute approximate surface area is 141 Å². The third-order valence-electron chi connectivity index (χ3n) is 3.48. The molecule has 0 fully saturated rings. The first kappa shape index (κ1) is 18.0. The molecule has 0 saturated heterocycles. The molecule has 0 bridgehead atoms. The van der Waals surface area contributed by atoms with E-state index in [1.165, 1.54) is 19.1 Å². The van der Waals surface area contributed by atoms with Gasteiger partial charge in [0.2, 0.25) is 5.91 Å². The number of amides is 1. The largest absolute Gasteiger partial charge is 0.367 e. The van der Waals surface area contributed by atoms with Gasteiger partial charge < -0.3 is 10.2 Å². The molecule has 128 valence electrons. The maximum absolute atomic E-state index is 11.3. The zero-order valence-corrected chi connectivity index (χ0v) is 14.4. The van der Waals surface area contributed by atoms with E-state index >= 15 is 0 Å². The van der Waals surface area contributed by atoms with Crippen molar-refractivity contribution in [3.05, 3.63) is 54.1 Å². The number of nitrogens with one attached hydrogen (secondary N) is 1. The number of benzene rings is 2. The van der Waals surface area contributed by atoms with Crippen LogP contribution in [0.3, 0.4) is 0 Å². The summed E-state index contributed by atoms with van der Waals surface area (Å²) in [7, 11) is -4.22. The number of hydrogen-bond donors (Lipinski definition) is 2. The van der Waals surface area contributed by atoms with Gasteiger partial charge >= 0.3 is 0 Å². The van der Waals surface area contributed by atoms with Gasteiger partial charge in [-0.25, -0.2) is 0 Å². The molecule has 0 aliphatic carbocycles. The molecule has 0 aliphatic heterocycles. The topological polar surface area (TPSA) is 86.7 Å². The summed E-state index contributed by atoms with van der Waals surface area (Å²) in [6, 6.07) is 13.6. The lowest BCUT2D eigenvalue weighted by Gasteiger charge is -2.24. The summed E-state index contributed by atoms with van der Waals surface area (Å²) >= 11 is 0. The monoisotopic (exact) mass is 348 g/mol. The fourth-order valence-electron chi connectivity index (χ4n) is 2.39. The number of rotatable bonds is 6. The Bertz CT molecular complexity index is 834. The van der Waals surface area contributed by atoms with Crippen LogP contribution in [0.15, 0.2) is 53.4 Å². The number of carbonyl (C=O) groups is 1.